The predicted octanol–water partition coefficient (Wildman–Crippen LogP) is 2.43. The minimum Gasteiger partial charge on any atom is -0.313 e. The first-order chi connectivity index (χ1) is 8.80. The maximum Gasteiger partial charge on any atom is 0.213 e. The Kier molecular flexibility index (Phi) is 6.46. The highest BCUT2D eigenvalue weighted by Gasteiger charge is 2.15. The molecule has 0 amide bonds. The van der Waals surface area contributed by atoms with E-state index in [0.29, 0.717) is 12.6 Å². The van der Waals surface area contributed by atoms with Gasteiger partial charge in [0.2, 0.25) is 10.0 Å². The van der Waals surface area contributed by atoms with Crippen molar-refractivity contribution >= 4 is 26.0 Å². The molecule has 108 valence electrons. The summed E-state index contributed by atoms with van der Waals surface area (Å²) in [4.78, 5) is 0. The van der Waals surface area contributed by atoms with E-state index in [1.165, 1.54) is 0 Å². The lowest BCUT2D eigenvalue weighted by Crippen LogP contribution is -2.35. The Morgan fingerprint density at radius 1 is 1.16 bits per heavy atom. The van der Waals surface area contributed by atoms with Crippen molar-refractivity contribution in [2.75, 3.05) is 12.3 Å². The third kappa shape index (κ3) is 6.51. The topological polar surface area (TPSA) is 58.2 Å². The molecule has 19 heavy (non-hydrogen) atoms. The lowest BCUT2D eigenvalue weighted by molar-refractivity contribution is 0.555. The van der Waals surface area contributed by atoms with Gasteiger partial charge in [-0.25, -0.2) is 13.1 Å². The van der Waals surface area contributed by atoms with Crippen molar-refractivity contribution < 1.29 is 8.42 Å². The summed E-state index contributed by atoms with van der Waals surface area (Å²) in [5.74, 6) is 0.0893. The van der Waals surface area contributed by atoms with Crippen molar-refractivity contribution in [2.24, 2.45) is 0 Å². The van der Waals surface area contributed by atoms with Crippen molar-refractivity contribution in [3.63, 3.8) is 0 Å². The first kappa shape index (κ1) is 16.6. The van der Waals surface area contributed by atoms with Crippen molar-refractivity contribution in [2.45, 2.75) is 32.9 Å². The normalized spacial score (nSPS) is 13.7. The summed E-state index contributed by atoms with van der Waals surface area (Å²) < 4.78 is 27.5. The lowest BCUT2D eigenvalue weighted by Gasteiger charge is -2.15. The van der Waals surface area contributed by atoms with Crippen LogP contribution in [0.3, 0.4) is 0 Å². The van der Waals surface area contributed by atoms with Crippen LogP contribution in [-0.2, 0) is 10.0 Å². The van der Waals surface area contributed by atoms with Crippen molar-refractivity contribution in [3.05, 3.63) is 34.3 Å². The van der Waals surface area contributed by atoms with Crippen LogP contribution in [0.15, 0.2) is 28.7 Å². The third-order valence-corrected chi connectivity index (χ3v) is 4.63. The molecule has 1 aromatic carbocycles. The molecular formula is C13H21BrN2O2S. The van der Waals surface area contributed by atoms with Gasteiger partial charge < -0.3 is 5.32 Å². The summed E-state index contributed by atoms with van der Waals surface area (Å²) in [6.07, 6.45) is 0. The number of sulfonamides is 1. The highest BCUT2D eigenvalue weighted by atomic mass is 79.9. The molecule has 2 N–H and O–H groups in total. The maximum atomic E-state index is 11.9. The average molecular weight is 349 g/mol. The van der Waals surface area contributed by atoms with Crippen molar-refractivity contribution in [3.8, 4) is 0 Å². The van der Waals surface area contributed by atoms with E-state index in [4.69, 9.17) is 0 Å². The Hall–Kier alpha value is -0.430. The summed E-state index contributed by atoms with van der Waals surface area (Å²) in [5, 5.41) is 3.10. The number of rotatable bonds is 7. The van der Waals surface area contributed by atoms with Crippen LogP contribution in [0.1, 0.15) is 32.4 Å². The Bertz CT molecular complexity index is 486. The van der Waals surface area contributed by atoms with E-state index in [0.717, 1.165) is 10.0 Å². The van der Waals surface area contributed by atoms with E-state index in [9.17, 15) is 8.42 Å². The van der Waals surface area contributed by atoms with E-state index >= 15 is 0 Å². The number of hydrogen-bond acceptors (Lipinski definition) is 3. The van der Waals surface area contributed by atoms with Crippen LogP contribution < -0.4 is 10.0 Å². The average Bonchev–Trinajstić information content (AvgIpc) is 2.28. The van der Waals surface area contributed by atoms with E-state index in [2.05, 4.69) is 26.0 Å². The maximum absolute atomic E-state index is 11.9. The minimum absolute atomic E-state index is 0.0893. The number of nitrogens with one attached hydrogen (secondary N) is 2. The molecule has 1 atom stereocenters. The van der Waals surface area contributed by atoms with Crippen molar-refractivity contribution in [1.29, 1.82) is 0 Å². The molecule has 0 aliphatic heterocycles. The zero-order chi connectivity index (χ0) is 14.5. The van der Waals surface area contributed by atoms with Crippen LogP contribution in [0.2, 0.25) is 0 Å². The molecule has 0 saturated heterocycles. The standard InChI is InChI=1S/C13H21BrN2O2S/c1-10(2)15-8-9-19(17,18)16-11(3)12-4-6-13(14)7-5-12/h4-7,10-11,15-16H,8-9H2,1-3H3. The summed E-state index contributed by atoms with van der Waals surface area (Å²) >= 11 is 3.36. The van der Waals surface area contributed by atoms with Gasteiger partial charge in [-0.15, -0.1) is 0 Å². The molecule has 0 fully saturated rings. The van der Waals surface area contributed by atoms with Crippen LogP contribution in [0.25, 0.3) is 0 Å². The van der Waals surface area contributed by atoms with Crippen LogP contribution in [0.5, 0.6) is 0 Å². The smallest absolute Gasteiger partial charge is 0.213 e. The van der Waals surface area contributed by atoms with Gasteiger partial charge in [0, 0.05) is 23.1 Å². The van der Waals surface area contributed by atoms with Crippen LogP contribution in [0.4, 0.5) is 0 Å². The minimum atomic E-state index is -3.26. The van der Waals surface area contributed by atoms with Gasteiger partial charge in [0.25, 0.3) is 0 Å². The SMILES string of the molecule is CC(C)NCCS(=O)(=O)NC(C)c1ccc(Br)cc1. The van der Waals surface area contributed by atoms with Gasteiger partial charge in [0.05, 0.1) is 5.75 Å². The number of hydrogen-bond donors (Lipinski definition) is 2. The Balaban J connectivity index is 2.55. The van der Waals surface area contributed by atoms with Gasteiger partial charge in [-0.2, -0.15) is 0 Å². The van der Waals surface area contributed by atoms with Crippen molar-refractivity contribution in [1.82, 2.24) is 10.0 Å². The Morgan fingerprint density at radius 2 is 1.74 bits per heavy atom. The highest BCUT2D eigenvalue weighted by molar-refractivity contribution is 9.10. The summed E-state index contributed by atoms with van der Waals surface area (Å²) in [6, 6.07) is 7.69. The molecule has 1 unspecified atom stereocenters. The van der Waals surface area contributed by atoms with Crippen LogP contribution in [0, 0.1) is 0 Å². The molecule has 0 bridgehead atoms. The fraction of sp³-hybridized carbons (Fsp3) is 0.538. The van der Waals surface area contributed by atoms with E-state index in [-0.39, 0.29) is 11.8 Å². The zero-order valence-electron chi connectivity index (χ0n) is 11.5. The quantitative estimate of drug-likeness (QED) is 0.795. The first-order valence-corrected chi connectivity index (χ1v) is 8.73. The fourth-order valence-electron chi connectivity index (χ4n) is 1.63. The molecule has 0 spiro atoms. The Morgan fingerprint density at radius 3 is 2.26 bits per heavy atom. The molecule has 6 heteroatoms. The van der Waals surface area contributed by atoms with Gasteiger partial charge >= 0.3 is 0 Å². The second kappa shape index (κ2) is 7.38. The molecule has 0 aromatic heterocycles. The number of benzene rings is 1. The van der Waals surface area contributed by atoms with Gasteiger partial charge in [-0.05, 0) is 24.6 Å². The largest absolute Gasteiger partial charge is 0.313 e. The summed E-state index contributed by atoms with van der Waals surface area (Å²) in [5.41, 5.74) is 0.948. The molecule has 0 saturated carbocycles. The van der Waals surface area contributed by atoms with E-state index in [1.54, 1.807) is 0 Å². The number of halogens is 1. The third-order valence-electron chi connectivity index (χ3n) is 2.65. The molecule has 0 radical (unpaired) electrons. The lowest BCUT2D eigenvalue weighted by atomic mass is 10.1. The molecule has 0 heterocycles. The predicted molar refractivity (Wildman–Crippen MR) is 82.6 cm³/mol. The van der Waals surface area contributed by atoms with Crippen LogP contribution in [-0.4, -0.2) is 26.8 Å². The Labute approximate surface area is 124 Å². The van der Waals surface area contributed by atoms with Gasteiger partial charge in [0.1, 0.15) is 0 Å². The second-order valence-electron chi connectivity index (χ2n) is 4.82. The molecule has 1 aromatic rings. The van der Waals surface area contributed by atoms with Gasteiger partial charge in [-0.1, -0.05) is 41.9 Å². The van der Waals surface area contributed by atoms with E-state index in [1.807, 2.05) is 45.0 Å². The summed E-state index contributed by atoms with van der Waals surface area (Å²) in [7, 11) is -3.26. The summed E-state index contributed by atoms with van der Waals surface area (Å²) in [6.45, 7) is 6.28. The molecule has 1 rings (SSSR count). The van der Waals surface area contributed by atoms with Gasteiger partial charge in [0.15, 0.2) is 0 Å². The molecule has 4 nitrogen and oxygen atoms in total. The zero-order valence-corrected chi connectivity index (χ0v) is 13.9. The first-order valence-electron chi connectivity index (χ1n) is 6.29. The highest BCUT2D eigenvalue weighted by Crippen LogP contribution is 2.17. The second-order valence-corrected chi connectivity index (χ2v) is 7.61. The van der Waals surface area contributed by atoms with E-state index < -0.39 is 10.0 Å². The molecule has 0 aliphatic carbocycles. The monoisotopic (exact) mass is 348 g/mol. The molecule has 0 aliphatic rings. The van der Waals surface area contributed by atoms with Crippen LogP contribution >= 0.6 is 15.9 Å². The molecular weight excluding hydrogens is 328 g/mol. The van der Waals surface area contributed by atoms with Gasteiger partial charge in [-0.3, -0.25) is 0 Å². The fourth-order valence-corrected chi connectivity index (χ4v) is 3.07.